The van der Waals surface area contributed by atoms with Crippen molar-refractivity contribution < 1.29 is 15.0 Å². The van der Waals surface area contributed by atoms with Crippen LogP contribution in [0, 0.1) is 0 Å². The fourth-order valence-electron chi connectivity index (χ4n) is 0.940. The molecule has 0 rings (SSSR count). The highest BCUT2D eigenvalue weighted by molar-refractivity contribution is 7.56. The molecule has 0 aromatic carbocycles. The number of rotatable bonds is 2. The van der Waals surface area contributed by atoms with Gasteiger partial charge in [0.15, 0.2) is 0 Å². The van der Waals surface area contributed by atoms with Crippen LogP contribution in [0.4, 0.5) is 0 Å². The van der Waals surface area contributed by atoms with Crippen molar-refractivity contribution in [1.82, 2.24) is 9.67 Å². The van der Waals surface area contributed by atoms with E-state index in [4.69, 9.17) is 5.50 Å². The van der Waals surface area contributed by atoms with Gasteiger partial charge < -0.3 is 10.4 Å². The Morgan fingerprint density at radius 2 is 1.13 bits per heavy atom. The van der Waals surface area contributed by atoms with E-state index in [1.807, 2.05) is 0 Å². The molecule has 0 unspecified atom stereocenters. The van der Waals surface area contributed by atoms with Crippen LogP contribution >= 0.6 is 7.59 Å². The van der Waals surface area contributed by atoms with E-state index in [1.165, 1.54) is 0 Å². The highest BCUT2D eigenvalue weighted by Crippen LogP contribution is 2.50. The van der Waals surface area contributed by atoms with Gasteiger partial charge in [-0.15, -0.1) is 9.67 Å². The minimum Gasteiger partial charge on any atom is -0.305 e. The van der Waals surface area contributed by atoms with Crippen molar-refractivity contribution >= 4 is 7.59 Å². The number of hydrogen-bond donors (Lipinski definition) is 3. The molecule has 0 saturated heterocycles. The zero-order valence-corrected chi connectivity index (χ0v) is 11.1. The predicted octanol–water partition coefficient (Wildman–Crippen LogP) is 2.03. The van der Waals surface area contributed by atoms with E-state index >= 15 is 0 Å². The highest BCUT2D eigenvalue weighted by atomic mass is 31.2. The quantitative estimate of drug-likeness (QED) is 0.504. The maximum atomic E-state index is 12.0. The van der Waals surface area contributed by atoms with Crippen LogP contribution in [0.5, 0.6) is 0 Å². The summed E-state index contributed by atoms with van der Waals surface area (Å²) in [7, 11) is -3.84. The second kappa shape index (κ2) is 4.13. The van der Waals surface area contributed by atoms with E-state index in [0.717, 1.165) is 0 Å². The Morgan fingerprint density at radius 3 is 1.27 bits per heavy atom. The molecule has 0 aromatic heterocycles. The maximum absolute atomic E-state index is 12.0. The van der Waals surface area contributed by atoms with Crippen molar-refractivity contribution in [2.45, 2.75) is 52.6 Å². The molecule has 0 amide bonds. The third-order valence-electron chi connectivity index (χ3n) is 1.74. The molecular weight excluding hydrogens is 217 g/mol. The van der Waals surface area contributed by atoms with E-state index < -0.39 is 18.7 Å². The van der Waals surface area contributed by atoms with Crippen LogP contribution < -0.4 is 5.50 Å². The standard InChI is InChI=1S/C8H22N3O3P/c1-7(2,3)10(12)15(9,14)11(13)8(4,5)6/h12-13H,1-6H3,(H2,9,14). The molecule has 92 valence electrons. The van der Waals surface area contributed by atoms with Crippen molar-refractivity contribution in [3.63, 3.8) is 0 Å². The van der Waals surface area contributed by atoms with Crippen LogP contribution in [-0.4, -0.2) is 31.2 Å². The second-order valence-electron chi connectivity index (χ2n) is 5.51. The lowest BCUT2D eigenvalue weighted by molar-refractivity contribution is -0.126. The lowest BCUT2D eigenvalue weighted by Gasteiger charge is -2.41. The lowest BCUT2D eigenvalue weighted by Crippen LogP contribution is -2.48. The summed E-state index contributed by atoms with van der Waals surface area (Å²) in [6, 6.07) is 0. The van der Waals surface area contributed by atoms with Crippen LogP contribution in [0.3, 0.4) is 0 Å². The SMILES string of the molecule is CC(C)(C)N(O)P(N)(=O)N(O)C(C)(C)C. The molecule has 4 N–H and O–H groups in total. The molecule has 0 aliphatic carbocycles. The first-order valence-corrected chi connectivity index (χ1v) is 6.37. The van der Waals surface area contributed by atoms with Gasteiger partial charge in [-0.25, -0.2) is 0 Å². The van der Waals surface area contributed by atoms with Gasteiger partial charge >= 0.3 is 7.59 Å². The molecule has 7 heteroatoms. The van der Waals surface area contributed by atoms with Crippen LogP contribution in [0.1, 0.15) is 41.5 Å². The lowest BCUT2D eigenvalue weighted by atomic mass is 10.1. The van der Waals surface area contributed by atoms with E-state index in [-0.39, 0.29) is 0 Å². The van der Waals surface area contributed by atoms with E-state index in [9.17, 15) is 15.0 Å². The Morgan fingerprint density at radius 1 is 0.933 bits per heavy atom. The Bertz CT molecular complexity index is 245. The molecule has 0 aliphatic rings. The fraction of sp³-hybridized carbons (Fsp3) is 1.00. The molecule has 0 atom stereocenters. The van der Waals surface area contributed by atoms with Gasteiger partial charge in [0, 0.05) is 11.1 Å². The minimum atomic E-state index is -3.84. The molecule has 0 fully saturated rings. The monoisotopic (exact) mass is 239 g/mol. The predicted molar refractivity (Wildman–Crippen MR) is 58.6 cm³/mol. The summed E-state index contributed by atoms with van der Waals surface area (Å²) in [6.45, 7) is 9.85. The topological polar surface area (TPSA) is 90.0 Å². The third kappa shape index (κ3) is 3.52. The van der Waals surface area contributed by atoms with Crippen molar-refractivity contribution in [3.05, 3.63) is 0 Å². The second-order valence-corrected chi connectivity index (χ2v) is 7.45. The summed E-state index contributed by atoms with van der Waals surface area (Å²) in [5, 5.41) is 19.4. The molecule has 0 radical (unpaired) electrons. The molecular formula is C8H22N3O3P. The molecule has 0 heterocycles. The molecule has 0 saturated carbocycles. The molecule has 0 spiro atoms. The minimum absolute atomic E-state index is 0.505. The normalized spacial score (nSPS) is 15.1. The zero-order chi connectivity index (χ0) is 12.7. The van der Waals surface area contributed by atoms with Crippen LogP contribution in [0.25, 0.3) is 0 Å². The summed E-state index contributed by atoms with van der Waals surface area (Å²) >= 11 is 0. The van der Waals surface area contributed by atoms with Crippen LogP contribution in [0.15, 0.2) is 0 Å². The summed E-state index contributed by atoms with van der Waals surface area (Å²) in [4.78, 5) is 1.01. The van der Waals surface area contributed by atoms with Gasteiger partial charge in [-0.3, -0.25) is 10.1 Å². The van der Waals surface area contributed by atoms with Crippen molar-refractivity contribution in [1.29, 1.82) is 0 Å². The van der Waals surface area contributed by atoms with E-state index in [1.54, 1.807) is 41.5 Å². The Hall–Kier alpha value is 0.0300. The molecule has 6 nitrogen and oxygen atoms in total. The van der Waals surface area contributed by atoms with Crippen LogP contribution in [-0.2, 0) is 4.57 Å². The number of hydrogen-bond acceptors (Lipinski definition) is 3. The summed E-state index contributed by atoms with van der Waals surface area (Å²) < 4.78 is 12.0. The summed E-state index contributed by atoms with van der Waals surface area (Å²) in [6.07, 6.45) is 0. The van der Waals surface area contributed by atoms with Crippen molar-refractivity contribution in [2.75, 3.05) is 0 Å². The van der Waals surface area contributed by atoms with Gasteiger partial charge in [-0.2, -0.15) is 0 Å². The first kappa shape index (κ1) is 15.0. The summed E-state index contributed by atoms with van der Waals surface area (Å²) in [5.41, 5.74) is 3.87. The molecule has 0 aliphatic heterocycles. The maximum Gasteiger partial charge on any atom is 0.327 e. The smallest absolute Gasteiger partial charge is 0.305 e. The van der Waals surface area contributed by atoms with Crippen molar-refractivity contribution in [2.24, 2.45) is 5.50 Å². The van der Waals surface area contributed by atoms with Gasteiger partial charge in [-0.1, -0.05) is 0 Å². The van der Waals surface area contributed by atoms with E-state index in [2.05, 4.69) is 0 Å². The number of nitrogens with zero attached hydrogens (tertiary/aromatic N) is 2. The summed E-state index contributed by atoms with van der Waals surface area (Å²) in [5.74, 6) is 0. The number of hydroxylamine groups is 2. The van der Waals surface area contributed by atoms with Gasteiger partial charge in [0.25, 0.3) is 0 Å². The zero-order valence-electron chi connectivity index (χ0n) is 10.2. The highest BCUT2D eigenvalue weighted by Gasteiger charge is 2.43. The van der Waals surface area contributed by atoms with Gasteiger partial charge in [-0.05, 0) is 41.5 Å². The molecule has 15 heavy (non-hydrogen) atoms. The first-order valence-electron chi connectivity index (χ1n) is 4.69. The molecule has 0 aromatic rings. The van der Waals surface area contributed by atoms with Crippen molar-refractivity contribution in [3.8, 4) is 0 Å². The Kier molecular flexibility index (Phi) is 4.13. The Balaban J connectivity index is 5.08. The van der Waals surface area contributed by atoms with E-state index in [0.29, 0.717) is 9.67 Å². The van der Waals surface area contributed by atoms with Gasteiger partial charge in [0.1, 0.15) is 0 Å². The number of nitrogens with two attached hydrogens (primary N) is 1. The van der Waals surface area contributed by atoms with Gasteiger partial charge in [0.05, 0.1) is 0 Å². The average Bonchev–Trinajstić information content (AvgIpc) is 1.98. The van der Waals surface area contributed by atoms with Gasteiger partial charge in [0.2, 0.25) is 0 Å². The largest absolute Gasteiger partial charge is 0.327 e. The van der Waals surface area contributed by atoms with Crippen LogP contribution in [0.2, 0.25) is 0 Å². The fourth-order valence-corrected chi connectivity index (χ4v) is 2.82. The average molecular weight is 239 g/mol. The molecule has 0 bridgehead atoms. The first-order chi connectivity index (χ1) is 6.31. The third-order valence-corrected chi connectivity index (χ3v) is 4.03. The Labute approximate surface area is 91.1 Å².